The fourth-order valence-corrected chi connectivity index (χ4v) is 4.06. The maximum absolute atomic E-state index is 11.5. The van der Waals surface area contributed by atoms with Gasteiger partial charge in [-0.25, -0.2) is 0 Å². The molecule has 2 atom stereocenters. The smallest absolute Gasteiger partial charge is 0.251 e. The maximum Gasteiger partial charge on any atom is 0.251 e. The van der Waals surface area contributed by atoms with Gasteiger partial charge in [0, 0.05) is 30.4 Å². The van der Waals surface area contributed by atoms with Crippen LogP contribution in [0.5, 0.6) is 0 Å². The minimum Gasteiger partial charge on any atom is -0.355 e. The number of thioether (sulfide) groups is 1. The molecule has 0 unspecified atom stereocenters. The molecule has 0 aliphatic heterocycles. The second kappa shape index (κ2) is 7.14. The van der Waals surface area contributed by atoms with E-state index < -0.39 is 0 Å². The molecule has 3 nitrogen and oxygen atoms in total. The second-order valence-corrected chi connectivity index (χ2v) is 6.54. The number of carbonyl (C=O) groups excluding carboxylic acids is 1. The molecule has 1 aromatic rings. The monoisotopic (exact) mass is 292 g/mol. The Kier molecular flexibility index (Phi) is 5.49. The van der Waals surface area contributed by atoms with Crippen molar-refractivity contribution in [2.75, 3.05) is 20.4 Å². The summed E-state index contributed by atoms with van der Waals surface area (Å²) in [5.74, 6) is -0.0249. The van der Waals surface area contributed by atoms with Crippen LogP contribution in [-0.4, -0.2) is 42.4 Å². The highest BCUT2D eigenvalue weighted by Gasteiger charge is 2.29. The van der Waals surface area contributed by atoms with Crippen LogP contribution in [0.2, 0.25) is 0 Å². The standard InChI is InChI=1S/C16H24N2OS/c1-17-16(19)13-9-7-12(8-10-13)11-18(2)14-5-4-6-15(14)20-3/h7-10,14-15H,4-6,11H2,1-3H3,(H,17,19)/t14-,15+/m0/s1. The molecule has 4 heteroatoms. The predicted octanol–water partition coefficient (Wildman–Crippen LogP) is 2.76. The van der Waals surface area contributed by atoms with E-state index >= 15 is 0 Å². The Morgan fingerprint density at radius 3 is 2.65 bits per heavy atom. The van der Waals surface area contributed by atoms with Gasteiger partial charge in [-0.1, -0.05) is 18.6 Å². The van der Waals surface area contributed by atoms with Crippen molar-refractivity contribution in [1.82, 2.24) is 10.2 Å². The first-order valence-corrected chi connectivity index (χ1v) is 8.48. The molecule has 0 heterocycles. The SMILES string of the molecule is CNC(=O)c1ccc(CN(C)[C@H]2CCC[C@H]2SC)cc1. The highest BCUT2D eigenvalue weighted by Crippen LogP contribution is 2.32. The molecule has 0 aromatic heterocycles. The highest BCUT2D eigenvalue weighted by atomic mass is 32.2. The molecule has 1 saturated carbocycles. The third-order valence-corrected chi connectivity index (χ3v) is 5.32. The zero-order valence-corrected chi connectivity index (χ0v) is 13.4. The van der Waals surface area contributed by atoms with Gasteiger partial charge in [-0.05, 0) is 43.8 Å². The Bertz CT molecular complexity index is 446. The summed E-state index contributed by atoms with van der Waals surface area (Å²) in [6, 6.07) is 8.61. The van der Waals surface area contributed by atoms with E-state index in [1.165, 1.54) is 24.8 Å². The normalized spacial score (nSPS) is 22.2. The van der Waals surface area contributed by atoms with Gasteiger partial charge < -0.3 is 5.32 Å². The van der Waals surface area contributed by atoms with Crippen LogP contribution in [0, 0.1) is 0 Å². The highest BCUT2D eigenvalue weighted by molar-refractivity contribution is 7.99. The van der Waals surface area contributed by atoms with Gasteiger partial charge in [-0.3, -0.25) is 9.69 Å². The molecule has 1 aliphatic carbocycles. The van der Waals surface area contributed by atoms with Crippen molar-refractivity contribution in [3.05, 3.63) is 35.4 Å². The number of benzene rings is 1. The molecule has 0 radical (unpaired) electrons. The Balaban J connectivity index is 1.97. The molecule has 1 amide bonds. The first-order valence-electron chi connectivity index (χ1n) is 7.19. The Hall–Kier alpha value is -1.00. The summed E-state index contributed by atoms with van der Waals surface area (Å²) in [6.45, 7) is 0.954. The number of hydrogen-bond acceptors (Lipinski definition) is 3. The van der Waals surface area contributed by atoms with E-state index in [1.54, 1.807) is 7.05 Å². The minimum atomic E-state index is -0.0249. The van der Waals surface area contributed by atoms with E-state index in [2.05, 4.69) is 35.7 Å². The lowest BCUT2D eigenvalue weighted by Gasteiger charge is -2.28. The number of nitrogens with one attached hydrogen (secondary N) is 1. The molecule has 1 aliphatic rings. The van der Waals surface area contributed by atoms with Gasteiger partial charge in [0.2, 0.25) is 0 Å². The maximum atomic E-state index is 11.5. The van der Waals surface area contributed by atoms with Gasteiger partial charge in [0.05, 0.1) is 0 Å². The molecule has 1 fully saturated rings. The summed E-state index contributed by atoms with van der Waals surface area (Å²) < 4.78 is 0. The van der Waals surface area contributed by atoms with E-state index in [9.17, 15) is 4.79 Å². The molecule has 1 aromatic carbocycles. The van der Waals surface area contributed by atoms with Crippen molar-refractivity contribution in [1.29, 1.82) is 0 Å². The van der Waals surface area contributed by atoms with Crippen LogP contribution < -0.4 is 5.32 Å². The van der Waals surface area contributed by atoms with Crippen LogP contribution in [-0.2, 0) is 6.54 Å². The Labute approximate surface area is 126 Å². The lowest BCUT2D eigenvalue weighted by molar-refractivity contribution is 0.0963. The lowest BCUT2D eigenvalue weighted by Crippen LogP contribution is -2.35. The van der Waals surface area contributed by atoms with Crippen molar-refractivity contribution in [3.8, 4) is 0 Å². The molecule has 20 heavy (non-hydrogen) atoms. The quantitative estimate of drug-likeness (QED) is 0.905. The number of hydrogen-bond donors (Lipinski definition) is 1. The number of nitrogens with zero attached hydrogens (tertiary/aromatic N) is 1. The number of amides is 1. The fourth-order valence-electron chi connectivity index (χ4n) is 3.00. The second-order valence-electron chi connectivity index (χ2n) is 5.46. The summed E-state index contributed by atoms with van der Waals surface area (Å²) in [6.07, 6.45) is 6.20. The van der Waals surface area contributed by atoms with Gasteiger partial charge in [-0.15, -0.1) is 0 Å². The van der Waals surface area contributed by atoms with Crippen LogP contribution in [0.4, 0.5) is 0 Å². The van der Waals surface area contributed by atoms with Gasteiger partial charge in [0.15, 0.2) is 0 Å². The third-order valence-electron chi connectivity index (χ3n) is 4.16. The van der Waals surface area contributed by atoms with Crippen molar-refractivity contribution in [3.63, 3.8) is 0 Å². The van der Waals surface area contributed by atoms with Crippen molar-refractivity contribution in [2.45, 2.75) is 37.1 Å². The predicted molar refractivity (Wildman–Crippen MR) is 86.2 cm³/mol. The number of rotatable bonds is 5. The van der Waals surface area contributed by atoms with Crippen LogP contribution in [0.1, 0.15) is 35.2 Å². The fraction of sp³-hybridized carbons (Fsp3) is 0.562. The van der Waals surface area contributed by atoms with Crippen LogP contribution in [0.25, 0.3) is 0 Å². The van der Waals surface area contributed by atoms with Crippen LogP contribution >= 0.6 is 11.8 Å². The van der Waals surface area contributed by atoms with E-state index in [-0.39, 0.29) is 5.91 Å². The van der Waals surface area contributed by atoms with Gasteiger partial charge >= 0.3 is 0 Å². The Morgan fingerprint density at radius 2 is 2.05 bits per heavy atom. The summed E-state index contributed by atoms with van der Waals surface area (Å²) in [5.41, 5.74) is 1.99. The zero-order valence-electron chi connectivity index (χ0n) is 12.6. The molecule has 0 spiro atoms. The average Bonchev–Trinajstić information content (AvgIpc) is 2.95. The first-order chi connectivity index (χ1) is 9.65. The molecule has 110 valence electrons. The third kappa shape index (κ3) is 3.55. The first kappa shape index (κ1) is 15.4. The van der Waals surface area contributed by atoms with E-state index in [1.807, 2.05) is 23.9 Å². The zero-order chi connectivity index (χ0) is 14.5. The van der Waals surface area contributed by atoms with Gasteiger partial charge in [-0.2, -0.15) is 11.8 Å². The van der Waals surface area contributed by atoms with Crippen molar-refractivity contribution >= 4 is 17.7 Å². The van der Waals surface area contributed by atoms with Crippen LogP contribution in [0.3, 0.4) is 0 Å². The summed E-state index contributed by atoms with van der Waals surface area (Å²) >= 11 is 1.99. The average molecular weight is 292 g/mol. The minimum absolute atomic E-state index is 0.0249. The van der Waals surface area contributed by atoms with E-state index in [0.717, 1.165) is 17.4 Å². The molecule has 2 rings (SSSR count). The van der Waals surface area contributed by atoms with Gasteiger partial charge in [0.1, 0.15) is 0 Å². The number of carbonyl (C=O) groups is 1. The van der Waals surface area contributed by atoms with Crippen LogP contribution in [0.15, 0.2) is 24.3 Å². The molecular formula is C16H24N2OS. The summed E-state index contributed by atoms with van der Waals surface area (Å²) in [7, 11) is 3.87. The van der Waals surface area contributed by atoms with Crippen molar-refractivity contribution in [2.24, 2.45) is 0 Å². The van der Waals surface area contributed by atoms with E-state index in [4.69, 9.17) is 0 Å². The Morgan fingerprint density at radius 1 is 1.35 bits per heavy atom. The largest absolute Gasteiger partial charge is 0.355 e. The van der Waals surface area contributed by atoms with Crippen molar-refractivity contribution < 1.29 is 4.79 Å². The van der Waals surface area contributed by atoms with Gasteiger partial charge in [0.25, 0.3) is 5.91 Å². The molecule has 1 N–H and O–H groups in total. The molecule has 0 bridgehead atoms. The lowest BCUT2D eigenvalue weighted by atomic mass is 10.1. The summed E-state index contributed by atoms with van der Waals surface area (Å²) in [5, 5.41) is 3.42. The topological polar surface area (TPSA) is 32.3 Å². The molecular weight excluding hydrogens is 268 g/mol. The molecule has 0 saturated heterocycles. The summed E-state index contributed by atoms with van der Waals surface area (Å²) in [4.78, 5) is 14.0. The van der Waals surface area contributed by atoms with E-state index in [0.29, 0.717) is 6.04 Å².